The average Bonchev–Trinajstić information content (AvgIpc) is 2.84. The van der Waals surface area contributed by atoms with Gasteiger partial charge in [0.25, 0.3) is 0 Å². The smallest absolute Gasteiger partial charge is 0.0639 e. The Morgan fingerprint density at radius 2 is 1.76 bits per heavy atom. The third-order valence-corrected chi connectivity index (χ3v) is 4.70. The van der Waals surface area contributed by atoms with Crippen LogP contribution in [0.2, 0.25) is 0 Å². The van der Waals surface area contributed by atoms with Crippen LogP contribution in [-0.2, 0) is 19.5 Å². The molecule has 0 saturated carbocycles. The number of benzene rings is 1. The van der Waals surface area contributed by atoms with E-state index in [1.54, 1.807) is 11.3 Å². The summed E-state index contributed by atoms with van der Waals surface area (Å²) in [5.41, 5.74) is 4.02. The standard InChI is InChI=1S/C18H25NOS/c1-4-16-5-7-17(8-6-16)12-19(11-15(3)20)13-18-14(2)9-10-21-18/h5-10,15,20H,4,11-13H2,1-3H3/t15-/m0/s1. The van der Waals surface area contributed by atoms with Crippen LogP contribution in [0.4, 0.5) is 0 Å². The van der Waals surface area contributed by atoms with E-state index in [4.69, 9.17) is 0 Å². The summed E-state index contributed by atoms with van der Waals surface area (Å²) in [6.45, 7) is 8.67. The SMILES string of the molecule is CCc1ccc(CN(Cc2sccc2C)C[C@H](C)O)cc1. The second-order valence-corrected chi connectivity index (χ2v) is 6.72. The molecule has 0 aliphatic carbocycles. The van der Waals surface area contributed by atoms with Crippen molar-refractivity contribution in [2.24, 2.45) is 0 Å². The van der Waals surface area contributed by atoms with Gasteiger partial charge in [0.05, 0.1) is 6.10 Å². The Morgan fingerprint density at radius 1 is 1.10 bits per heavy atom. The lowest BCUT2D eigenvalue weighted by Gasteiger charge is -2.23. The van der Waals surface area contributed by atoms with Gasteiger partial charge in [0.2, 0.25) is 0 Å². The minimum atomic E-state index is -0.305. The third kappa shape index (κ3) is 4.95. The molecular formula is C18H25NOS. The number of rotatable bonds is 7. The predicted octanol–water partition coefficient (Wildman–Crippen LogP) is 4.00. The van der Waals surface area contributed by atoms with Crippen LogP contribution in [0, 0.1) is 6.92 Å². The fraction of sp³-hybridized carbons (Fsp3) is 0.444. The molecule has 114 valence electrons. The van der Waals surface area contributed by atoms with Gasteiger partial charge >= 0.3 is 0 Å². The van der Waals surface area contributed by atoms with Crippen molar-refractivity contribution in [1.82, 2.24) is 4.90 Å². The van der Waals surface area contributed by atoms with Crippen LogP contribution >= 0.6 is 11.3 Å². The first kappa shape index (κ1) is 16.2. The van der Waals surface area contributed by atoms with Gasteiger partial charge in [-0.1, -0.05) is 31.2 Å². The molecule has 1 heterocycles. The summed E-state index contributed by atoms with van der Waals surface area (Å²) in [5.74, 6) is 0. The van der Waals surface area contributed by atoms with Crippen LogP contribution in [-0.4, -0.2) is 22.7 Å². The van der Waals surface area contributed by atoms with Gasteiger partial charge in [-0.2, -0.15) is 0 Å². The van der Waals surface area contributed by atoms with E-state index in [2.05, 4.69) is 54.5 Å². The maximum atomic E-state index is 9.74. The molecule has 0 aliphatic heterocycles. The second kappa shape index (κ2) is 7.74. The number of thiophene rings is 1. The molecule has 1 atom stereocenters. The second-order valence-electron chi connectivity index (χ2n) is 5.72. The van der Waals surface area contributed by atoms with E-state index in [0.717, 1.165) is 19.5 Å². The lowest BCUT2D eigenvalue weighted by Crippen LogP contribution is -2.30. The summed E-state index contributed by atoms with van der Waals surface area (Å²) < 4.78 is 0. The molecule has 1 aromatic heterocycles. The molecule has 0 aliphatic rings. The Kier molecular flexibility index (Phi) is 5.97. The molecule has 0 fully saturated rings. The first-order valence-electron chi connectivity index (χ1n) is 7.59. The van der Waals surface area contributed by atoms with Crippen LogP contribution in [0.25, 0.3) is 0 Å². The molecule has 2 rings (SSSR count). The van der Waals surface area contributed by atoms with E-state index in [9.17, 15) is 5.11 Å². The molecule has 1 aromatic carbocycles. The molecular weight excluding hydrogens is 278 g/mol. The third-order valence-electron chi connectivity index (χ3n) is 3.70. The van der Waals surface area contributed by atoms with E-state index in [0.29, 0.717) is 6.54 Å². The maximum absolute atomic E-state index is 9.74. The molecule has 0 unspecified atom stereocenters. The Bertz CT molecular complexity index is 545. The molecule has 1 N–H and O–H groups in total. The van der Waals surface area contributed by atoms with Crippen molar-refractivity contribution in [2.45, 2.75) is 46.4 Å². The highest BCUT2D eigenvalue weighted by Crippen LogP contribution is 2.19. The van der Waals surface area contributed by atoms with Crippen molar-refractivity contribution >= 4 is 11.3 Å². The molecule has 2 nitrogen and oxygen atoms in total. The van der Waals surface area contributed by atoms with Crippen LogP contribution in [0.1, 0.15) is 35.4 Å². The van der Waals surface area contributed by atoms with Crippen molar-refractivity contribution in [2.75, 3.05) is 6.54 Å². The van der Waals surface area contributed by atoms with Crippen LogP contribution < -0.4 is 0 Å². The van der Waals surface area contributed by atoms with Gasteiger partial charge in [-0.05, 0) is 48.4 Å². The molecule has 3 heteroatoms. The van der Waals surface area contributed by atoms with E-state index in [1.165, 1.54) is 21.6 Å². The lowest BCUT2D eigenvalue weighted by atomic mass is 10.1. The molecule has 0 amide bonds. The monoisotopic (exact) mass is 303 g/mol. The highest BCUT2D eigenvalue weighted by Gasteiger charge is 2.12. The van der Waals surface area contributed by atoms with Crippen LogP contribution in [0.15, 0.2) is 35.7 Å². The highest BCUT2D eigenvalue weighted by molar-refractivity contribution is 7.10. The number of aliphatic hydroxyl groups is 1. The summed E-state index contributed by atoms with van der Waals surface area (Å²) >= 11 is 1.80. The molecule has 0 radical (unpaired) electrons. The topological polar surface area (TPSA) is 23.5 Å². The number of hydrogen-bond donors (Lipinski definition) is 1. The van der Waals surface area contributed by atoms with Gasteiger partial charge in [-0.25, -0.2) is 0 Å². The van der Waals surface area contributed by atoms with E-state index >= 15 is 0 Å². The number of hydrogen-bond acceptors (Lipinski definition) is 3. The Balaban J connectivity index is 2.06. The zero-order valence-corrected chi connectivity index (χ0v) is 14.0. The van der Waals surface area contributed by atoms with Crippen molar-refractivity contribution < 1.29 is 5.11 Å². The molecule has 0 spiro atoms. The minimum absolute atomic E-state index is 0.305. The maximum Gasteiger partial charge on any atom is 0.0639 e. The van der Waals surface area contributed by atoms with E-state index in [1.807, 2.05) is 6.92 Å². The van der Waals surface area contributed by atoms with Crippen LogP contribution in [0.3, 0.4) is 0 Å². The summed E-state index contributed by atoms with van der Waals surface area (Å²) in [5, 5.41) is 11.9. The summed E-state index contributed by atoms with van der Waals surface area (Å²) in [7, 11) is 0. The predicted molar refractivity (Wildman–Crippen MR) is 90.7 cm³/mol. The Labute approximate surface area is 132 Å². The lowest BCUT2D eigenvalue weighted by molar-refractivity contribution is 0.118. The normalized spacial score (nSPS) is 12.8. The minimum Gasteiger partial charge on any atom is -0.392 e. The molecule has 21 heavy (non-hydrogen) atoms. The van der Waals surface area contributed by atoms with E-state index in [-0.39, 0.29) is 6.10 Å². The van der Waals surface area contributed by atoms with Gasteiger partial charge in [0.1, 0.15) is 0 Å². The fourth-order valence-electron chi connectivity index (χ4n) is 2.47. The van der Waals surface area contributed by atoms with Gasteiger partial charge in [-0.15, -0.1) is 11.3 Å². The Hall–Kier alpha value is -1.16. The zero-order valence-electron chi connectivity index (χ0n) is 13.2. The van der Waals surface area contributed by atoms with Gasteiger partial charge < -0.3 is 5.11 Å². The molecule has 0 saturated heterocycles. The van der Waals surface area contributed by atoms with Gasteiger partial charge in [0.15, 0.2) is 0 Å². The summed E-state index contributed by atoms with van der Waals surface area (Å²) in [6.07, 6.45) is 0.770. The summed E-state index contributed by atoms with van der Waals surface area (Å²) in [6, 6.07) is 11.0. The number of nitrogens with zero attached hydrogens (tertiary/aromatic N) is 1. The number of aliphatic hydroxyl groups excluding tert-OH is 1. The molecule has 2 aromatic rings. The quantitative estimate of drug-likeness (QED) is 0.835. The van der Waals surface area contributed by atoms with Crippen molar-refractivity contribution in [3.63, 3.8) is 0 Å². The Morgan fingerprint density at radius 3 is 2.29 bits per heavy atom. The first-order chi connectivity index (χ1) is 10.1. The van der Waals surface area contributed by atoms with Crippen LogP contribution in [0.5, 0.6) is 0 Å². The van der Waals surface area contributed by atoms with Crippen molar-refractivity contribution in [3.8, 4) is 0 Å². The van der Waals surface area contributed by atoms with Crippen molar-refractivity contribution in [1.29, 1.82) is 0 Å². The molecule has 0 bridgehead atoms. The number of aryl methyl sites for hydroxylation is 2. The van der Waals surface area contributed by atoms with Gasteiger partial charge in [0, 0.05) is 24.5 Å². The fourth-order valence-corrected chi connectivity index (χ4v) is 3.41. The van der Waals surface area contributed by atoms with E-state index < -0.39 is 0 Å². The highest BCUT2D eigenvalue weighted by atomic mass is 32.1. The first-order valence-corrected chi connectivity index (χ1v) is 8.47. The zero-order chi connectivity index (χ0) is 15.2. The summed E-state index contributed by atoms with van der Waals surface area (Å²) in [4.78, 5) is 3.71. The van der Waals surface area contributed by atoms with Gasteiger partial charge in [-0.3, -0.25) is 4.90 Å². The van der Waals surface area contributed by atoms with Crippen molar-refractivity contribution in [3.05, 3.63) is 57.3 Å². The average molecular weight is 303 g/mol. The largest absolute Gasteiger partial charge is 0.392 e.